The second-order valence-corrected chi connectivity index (χ2v) is 14.1. The van der Waals surface area contributed by atoms with E-state index in [1.807, 2.05) is 21.1 Å². The molecule has 0 aromatic heterocycles. The molecular formula is C28H59NO6PS+. The van der Waals surface area contributed by atoms with Gasteiger partial charge in [-0.05, 0) is 24.5 Å². The minimum atomic E-state index is -4.53. The molecule has 7 nitrogen and oxygen atoms in total. The van der Waals surface area contributed by atoms with E-state index in [9.17, 15) is 19.1 Å². The van der Waals surface area contributed by atoms with Gasteiger partial charge in [-0.15, -0.1) is 0 Å². The van der Waals surface area contributed by atoms with Crippen molar-refractivity contribution in [2.24, 2.45) is 11.8 Å². The van der Waals surface area contributed by atoms with Gasteiger partial charge in [0, 0.05) is 5.75 Å². The first kappa shape index (κ1) is 36.9. The monoisotopic (exact) mass is 568 g/mol. The summed E-state index contributed by atoms with van der Waals surface area (Å²) < 4.78 is 22.1. The second-order valence-electron chi connectivity index (χ2n) is 11.8. The Labute approximate surface area is 232 Å². The van der Waals surface area contributed by atoms with E-state index in [2.05, 4.69) is 13.8 Å². The average Bonchev–Trinajstić information content (AvgIpc) is 2.78. The minimum Gasteiger partial charge on any atom is -0.469 e. The molecule has 0 aromatic rings. The number of likely N-dealkylation sites (N-methyl/N-ethyl adjacent to an activating group) is 1. The van der Waals surface area contributed by atoms with Gasteiger partial charge in [0.25, 0.3) is 0 Å². The van der Waals surface area contributed by atoms with E-state index in [0.717, 1.165) is 25.0 Å². The molecule has 0 bridgehead atoms. The molecule has 3 atom stereocenters. The van der Waals surface area contributed by atoms with Crippen LogP contribution in [0.2, 0.25) is 0 Å². The van der Waals surface area contributed by atoms with E-state index in [4.69, 9.17) is 9.26 Å². The van der Waals surface area contributed by atoms with Gasteiger partial charge in [0.1, 0.15) is 12.6 Å². The van der Waals surface area contributed by atoms with E-state index in [1.54, 1.807) is 11.8 Å². The predicted molar refractivity (Wildman–Crippen MR) is 157 cm³/mol. The van der Waals surface area contributed by atoms with Crippen molar-refractivity contribution in [3.8, 4) is 0 Å². The van der Waals surface area contributed by atoms with Gasteiger partial charge in [-0.1, -0.05) is 97.3 Å². The molecule has 9 heteroatoms. The SMILES string of the molecule is CCCCCCCCCCCCCCCC(CSCC(C)CC(C[N+](C)(C)C)OP(=O)(O)O)C(=O)OC. The van der Waals surface area contributed by atoms with Crippen molar-refractivity contribution in [1.82, 2.24) is 0 Å². The van der Waals surface area contributed by atoms with Gasteiger partial charge in [-0.25, -0.2) is 4.57 Å². The van der Waals surface area contributed by atoms with Gasteiger partial charge in [0.2, 0.25) is 0 Å². The number of quaternary nitrogens is 1. The third kappa shape index (κ3) is 24.7. The van der Waals surface area contributed by atoms with Crippen LogP contribution < -0.4 is 0 Å². The van der Waals surface area contributed by atoms with Crippen molar-refractivity contribution in [3.63, 3.8) is 0 Å². The number of hydrogen-bond donors (Lipinski definition) is 2. The highest BCUT2D eigenvalue weighted by Gasteiger charge is 2.29. The number of ether oxygens (including phenoxy) is 1. The lowest BCUT2D eigenvalue weighted by atomic mass is 10.0. The molecule has 0 aliphatic carbocycles. The summed E-state index contributed by atoms with van der Waals surface area (Å²) in [4.78, 5) is 30.8. The number of carbonyl (C=O) groups is 1. The van der Waals surface area contributed by atoms with E-state index in [1.165, 1.54) is 77.7 Å². The van der Waals surface area contributed by atoms with Crippen LogP contribution in [0.1, 0.15) is 110 Å². The van der Waals surface area contributed by atoms with Crippen LogP contribution in [0.15, 0.2) is 0 Å². The predicted octanol–water partition coefficient (Wildman–Crippen LogP) is 7.20. The van der Waals surface area contributed by atoms with Gasteiger partial charge in [0.05, 0.1) is 34.2 Å². The molecule has 0 rings (SSSR count). The summed E-state index contributed by atoms with van der Waals surface area (Å²) >= 11 is 1.72. The highest BCUT2D eigenvalue weighted by atomic mass is 32.2. The summed E-state index contributed by atoms with van der Waals surface area (Å²) in [6, 6.07) is 0. The molecule has 0 fully saturated rings. The summed E-state index contributed by atoms with van der Waals surface area (Å²) in [6.07, 6.45) is 18.0. The first-order chi connectivity index (χ1) is 17.4. The number of unbranched alkanes of at least 4 members (excludes halogenated alkanes) is 12. The molecule has 0 aliphatic rings. The quantitative estimate of drug-likeness (QED) is 0.0521. The fraction of sp³-hybridized carbons (Fsp3) is 0.964. The van der Waals surface area contributed by atoms with Crippen LogP contribution in [0, 0.1) is 11.8 Å². The Morgan fingerprint density at radius 3 is 1.78 bits per heavy atom. The van der Waals surface area contributed by atoms with Crippen LogP contribution in [0.5, 0.6) is 0 Å². The van der Waals surface area contributed by atoms with Crippen LogP contribution >= 0.6 is 19.6 Å². The standard InChI is InChI=1S/C28H58NO6PS/c1-7-8-9-10-11-12-13-14-15-16-17-18-19-20-26(28(30)34-6)24-37-23-25(2)21-27(22-29(3,4)5)35-36(31,32)33/h25-27H,7-24H2,1-6H3,(H-,31,32,33)/p+1. The second kappa shape index (κ2) is 21.7. The molecule has 0 radical (unpaired) electrons. The van der Waals surface area contributed by atoms with E-state index < -0.39 is 13.9 Å². The molecule has 0 aliphatic heterocycles. The van der Waals surface area contributed by atoms with Crippen molar-refractivity contribution in [1.29, 1.82) is 0 Å². The van der Waals surface area contributed by atoms with E-state index >= 15 is 0 Å². The maximum Gasteiger partial charge on any atom is 0.470 e. The van der Waals surface area contributed by atoms with Gasteiger partial charge >= 0.3 is 13.8 Å². The number of hydrogen-bond acceptors (Lipinski definition) is 5. The van der Waals surface area contributed by atoms with Gasteiger partial charge in [0.15, 0.2) is 0 Å². The fourth-order valence-electron chi connectivity index (χ4n) is 4.73. The summed E-state index contributed by atoms with van der Waals surface area (Å²) in [5.41, 5.74) is 0. The highest BCUT2D eigenvalue weighted by Crippen LogP contribution is 2.39. The van der Waals surface area contributed by atoms with Gasteiger partial charge in [-0.2, -0.15) is 11.8 Å². The molecule has 0 amide bonds. The van der Waals surface area contributed by atoms with Crippen LogP contribution in [-0.4, -0.2) is 72.6 Å². The number of nitrogens with zero attached hydrogens (tertiary/aromatic N) is 1. The molecule has 2 N–H and O–H groups in total. The number of phosphoric ester groups is 1. The Balaban J connectivity index is 4.16. The average molecular weight is 569 g/mol. The molecular weight excluding hydrogens is 509 g/mol. The number of carbonyl (C=O) groups excluding carboxylic acids is 1. The number of methoxy groups -OCH3 is 1. The summed E-state index contributed by atoms with van der Waals surface area (Å²) in [5.74, 6) is 1.51. The normalized spacial score (nSPS) is 14.9. The number of phosphoric acid groups is 1. The minimum absolute atomic E-state index is 0.0942. The number of esters is 1. The lowest BCUT2D eigenvalue weighted by molar-refractivity contribution is -0.873. The Bertz CT molecular complexity index is 610. The summed E-state index contributed by atoms with van der Waals surface area (Å²) in [6.45, 7) is 4.85. The highest BCUT2D eigenvalue weighted by molar-refractivity contribution is 7.99. The Morgan fingerprint density at radius 1 is 0.865 bits per heavy atom. The van der Waals surface area contributed by atoms with Crippen LogP contribution in [0.25, 0.3) is 0 Å². The van der Waals surface area contributed by atoms with Crippen molar-refractivity contribution in [2.75, 3.05) is 46.3 Å². The van der Waals surface area contributed by atoms with Gasteiger partial charge < -0.3 is 19.0 Å². The first-order valence-electron chi connectivity index (χ1n) is 14.6. The molecule has 0 aromatic carbocycles. The zero-order valence-electron chi connectivity index (χ0n) is 24.8. The van der Waals surface area contributed by atoms with Crippen LogP contribution in [0.4, 0.5) is 0 Å². The summed E-state index contributed by atoms with van der Waals surface area (Å²) in [7, 11) is 2.86. The topological polar surface area (TPSA) is 93.1 Å². The lowest BCUT2D eigenvalue weighted by Gasteiger charge is -2.30. The first-order valence-corrected chi connectivity index (χ1v) is 17.3. The smallest absolute Gasteiger partial charge is 0.469 e. The molecule has 0 saturated heterocycles. The molecule has 37 heavy (non-hydrogen) atoms. The molecule has 3 unspecified atom stereocenters. The molecule has 0 spiro atoms. The molecule has 222 valence electrons. The largest absolute Gasteiger partial charge is 0.470 e. The van der Waals surface area contributed by atoms with Crippen LogP contribution in [0.3, 0.4) is 0 Å². The number of rotatable bonds is 25. The third-order valence-corrected chi connectivity index (χ3v) is 8.63. The molecule has 0 heterocycles. The zero-order valence-corrected chi connectivity index (χ0v) is 26.5. The zero-order chi connectivity index (χ0) is 28.2. The number of thioether (sulfide) groups is 1. The van der Waals surface area contributed by atoms with Crippen molar-refractivity contribution >= 4 is 25.6 Å². The van der Waals surface area contributed by atoms with E-state index in [0.29, 0.717) is 23.2 Å². The van der Waals surface area contributed by atoms with Crippen LogP contribution in [-0.2, 0) is 18.6 Å². The summed E-state index contributed by atoms with van der Waals surface area (Å²) in [5, 5.41) is 0. The maximum absolute atomic E-state index is 12.3. The Kier molecular flexibility index (Phi) is 21.6. The fourth-order valence-corrected chi connectivity index (χ4v) is 6.53. The van der Waals surface area contributed by atoms with Crippen molar-refractivity contribution in [3.05, 3.63) is 0 Å². The Morgan fingerprint density at radius 2 is 1.35 bits per heavy atom. The Hall–Kier alpha value is -0.110. The van der Waals surface area contributed by atoms with Gasteiger partial charge in [-0.3, -0.25) is 9.32 Å². The lowest BCUT2D eigenvalue weighted by Crippen LogP contribution is -2.42. The van der Waals surface area contributed by atoms with Crippen molar-refractivity contribution < 1.29 is 32.9 Å². The third-order valence-electron chi connectivity index (χ3n) is 6.62. The molecule has 0 saturated carbocycles. The van der Waals surface area contributed by atoms with Crippen molar-refractivity contribution in [2.45, 2.75) is 116 Å². The maximum atomic E-state index is 12.3. The van der Waals surface area contributed by atoms with E-state index in [-0.39, 0.29) is 17.8 Å².